The topological polar surface area (TPSA) is 57.5 Å². The zero-order chi connectivity index (χ0) is 17.0. The van der Waals surface area contributed by atoms with Gasteiger partial charge in [0.15, 0.2) is 5.78 Å². The van der Waals surface area contributed by atoms with Crippen molar-refractivity contribution in [2.75, 3.05) is 0 Å². The molecular weight excluding hydrogens is 276 g/mol. The molecule has 2 rings (SSSR count). The lowest BCUT2D eigenvalue weighted by molar-refractivity contribution is 0.101. The summed E-state index contributed by atoms with van der Waals surface area (Å²) in [5.74, 6) is 0.121. The third-order valence-corrected chi connectivity index (χ3v) is 2.46. The molecule has 0 radical (unpaired) electrons. The van der Waals surface area contributed by atoms with Gasteiger partial charge in [0.2, 0.25) is 0 Å². The van der Waals surface area contributed by atoms with Crippen LogP contribution in [0.3, 0.4) is 0 Å². The fourth-order valence-electron chi connectivity index (χ4n) is 1.40. The third kappa shape index (κ3) is 10.8. The minimum absolute atomic E-state index is 0.121. The van der Waals surface area contributed by atoms with E-state index in [-0.39, 0.29) is 18.0 Å². The van der Waals surface area contributed by atoms with Crippen molar-refractivity contribution in [2.45, 2.75) is 39.9 Å². The SMILES string of the molecule is CC(=O)c1ccccc1.CC(C)O.CC(O)c1ccccc1. The average Bonchev–Trinajstić information content (AvgIpc) is 2.49. The molecule has 0 aromatic heterocycles. The van der Waals surface area contributed by atoms with Crippen molar-refractivity contribution in [1.29, 1.82) is 0 Å². The summed E-state index contributed by atoms with van der Waals surface area (Å²) in [5, 5.41) is 17.1. The van der Waals surface area contributed by atoms with Crippen molar-refractivity contribution >= 4 is 5.78 Å². The van der Waals surface area contributed by atoms with E-state index in [1.54, 1.807) is 27.7 Å². The molecule has 2 aromatic carbocycles. The maximum atomic E-state index is 10.6. The zero-order valence-corrected chi connectivity index (χ0v) is 13.7. The van der Waals surface area contributed by atoms with Crippen molar-refractivity contribution in [1.82, 2.24) is 0 Å². The molecule has 0 aliphatic rings. The summed E-state index contributed by atoms with van der Waals surface area (Å²) in [6.45, 7) is 6.77. The van der Waals surface area contributed by atoms with Crippen LogP contribution in [-0.2, 0) is 0 Å². The van der Waals surface area contributed by atoms with E-state index in [1.807, 2.05) is 60.7 Å². The Balaban J connectivity index is 0.000000326. The first-order valence-corrected chi connectivity index (χ1v) is 7.31. The number of aliphatic hydroxyl groups excluding tert-OH is 2. The number of hydrogen-bond donors (Lipinski definition) is 2. The lowest BCUT2D eigenvalue weighted by Crippen LogP contribution is -1.88. The molecule has 0 aliphatic heterocycles. The van der Waals surface area contributed by atoms with Crippen LogP contribution < -0.4 is 0 Å². The molecule has 1 unspecified atom stereocenters. The van der Waals surface area contributed by atoms with Gasteiger partial charge in [0.05, 0.1) is 6.10 Å². The minimum atomic E-state index is -0.341. The van der Waals surface area contributed by atoms with Gasteiger partial charge in [-0.05, 0) is 33.3 Å². The van der Waals surface area contributed by atoms with E-state index in [0.717, 1.165) is 11.1 Å². The number of carbonyl (C=O) groups is 1. The Labute approximate surface area is 133 Å². The van der Waals surface area contributed by atoms with Gasteiger partial charge in [-0.2, -0.15) is 0 Å². The zero-order valence-electron chi connectivity index (χ0n) is 13.7. The molecule has 0 spiro atoms. The highest BCUT2D eigenvalue weighted by Gasteiger charge is 1.95. The predicted molar refractivity (Wildman–Crippen MR) is 90.9 cm³/mol. The Morgan fingerprint density at radius 1 is 0.818 bits per heavy atom. The van der Waals surface area contributed by atoms with Crippen LogP contribution in [0.15, 0.2) is 60.7 Å². The highest BCUT2D eigenvalue weighted by Crippen LogP contribution is 2.09. The van der Waals surface area contributed by atoms with Crippen LogP contribution in [0.25, 0.3) is 0 Å². The monoisotopic (exact) mass is 302 g/mol. The standard InChI is InChI=1S/C8H10O.C8H8O.C3H8O/c2*1-7(9)8-5-3-2-4-6-8;1-3(2)4/h2-7,9H,1H3;2-6H,1H3;3-4H,1-2H3. The summed E-state index contributed by atoms with van der Waals surface area (Å²) >= 11 is 0. The van der Waals surface area contributed by atoms with Crippen molar-refractivity contribution in [3.63, 3.8) is 0 Å². The van der Waals surface area contributed by atoms with Crippen LogP contribution in [0.1, 0.15) is 49.7 Å². The predicted octanol–water partition coefficient (Wildman–Crippen LogP) is 4.02. The van der Waals surface area contributed by atoms with E-state index in [4.69, 9.17) is 10.2 Å². The molecule has 0 aliphatic carbocycles. The quantitative estimate of drug-likeness (QED) is 0.824. The second-order valence-corrected chi connectivity index (χ2v) is 5.10. The lowest BCUT2D eigenvalue weighted by atomic mass is 10.1. The van der Waals surface area contributed by atoms with Gasteiger partial charge in [-0.15, -0.1) is 0 Å². The Bertz CT molecular complexity index is 502. The van der Waals surface area contributed by atoms with Crippen LogP contribution in [-0.4, -0.2) is 22.1 Å². The van der Waals surface area contributed by atoms with Gasteiger partial charge in [-0.25, -0.2) is 0 Å². The number of Topliss-reactive ketones (excluding diaryl/α,β-unsaturated/α-hetero) is 1. The molecule has 0 heterocycles. The van der Waals surface area contributed by atoms with E-state index in [1.165, 1.54) is 0 Å². The van der Waals surface area contributed by atoms with Crippen molar-refractivity contribution in [3.05, 3.63) is 71.8 Å². The van der Waals surface area contributed by atoms with E-state index in [2.05, 4.69) is 0 Å². The Kier molecular flexibility index (Phi) is 10.6. The number of aliphatic hydroxyl groups is 2. The Morgan fingerprint density at radius 2 is 1.18 bits per heavy atom. The van der Waals surface area contributed by atoms with Crippen molar-refractivity contribution < 1.29 is 15.0 Å². The van der Waals surface area contributed by atoms with Gasteiger partial charge in [0, 0.05) is 11.7 Å². The van der Waals surface area contributed by atoms with E-state index >= 15 is 0 Å². The number of benzene rings is 2. The molecule has 3 nitrogen and oxygen atoms in total. The Hall–Kier alpha value is -1.97. The highest BCUT2D eigenvalue weighted by atomic mass is 16.3. The van der Waals surface area contributed by atoms with Gasteiger partial charge < -0.3 is 10.2 Å². The second-order valence-electron chi connectivity index (χ2n) is 5.10. The molecule has 2 aromatic rings. The fraction of sp³-hybridized carbons (Fsp3) is 0.316. The summed E-state index contributed by atoms with van der Waals surface area (Å²) in [6, 6.07) is 18.8. The Morgan fingerprint density at radius 3 is 1.41 bits per heavy atom. The maximum absolute atomic E-state index is 10.6. The van der Waals surface area contributed by atoms with E-state index in [0.29, 0.717) is 0 Å². The molecular formula is C19H26O3. The highest BCUT2D eigenvalue weighted by molar-refractivity contribution is 5.93. The number of carbonyl (C=O) groups excluding carboxylic acids is 1. The molecule has 3 heteroatoms. The summed E-state index contributed by atoms with van der Waals surface area (Å²) < 4.78 is 0. The first-order valence-electron chi connectivity index (χ1n) is 7.31. The normalized spacial score (nSPS) is 10.7. The largest absolute Gasteiger partial charge is 0.394 e. The number of ketones is 1. The average molecular weight is 302 g/mol. The van der Waals surface area contributed by atoms with Gasteiger partial charge >= 0.3 is 0 Å². The molecule has 120 valence electrons. The summed E-state index contributed by atoms with van der Waals surface area (Å²) in [5.41, 5.74) is 1.75. The number of rotatable bonds is 2. The maximum Gasteiger partial charge on any atom is 0.159 e. The first-order chi connectivity index (χ1) is 10.3. The van der Waals surface area contributed by atoms with Crippen molar-refractivity contribution in [3.8, 4) is 0 Å². The first kappa shape index (κ1) is 20.0. The summed E-state index contributed by atoms with van der Waals surface area (Å²) in [7, 11) is 0. The molecule has 0 saturated heterocycles. The molecule has 0 bridgehead atoms. The summed E-state index contributed by atoms with van der Waals surface area (Å²) in [4.78, 5) is 10.6. The minimum Gasteiger partial charge on any atom is -0.394 e. The van der Waals surface area contributed by atoms with E-state index in [9.17, 15) is 4.79 Å². The van der Waals surface area contributed by atoms with Crippen LogP contribution >= 0.6 is 0 Å². The molecule has 0 fully saturated rings. The second kappa shape index (κ2) is 11.7. The molecule has 0 amide bonds. The van der Waals surface area contributed by atoms with Crippen LogP contribution in [0.2, 0.25) is 0 Å². The van der Waals surface area contributed by atoms with Crippen LogP contribution in [0, 0.1) is 0 Å². The fourth-order valence-corrected chi connectivity index (χ4v) is 1.40. The van der Waals surface area contributed by atoms with Crippen LogP contribution in [0.5, 0.6) is 0 Å². The van der Waals surface area contributed by atoms with Crippen LogP contribution in [0.4, 0.5) is 0 Å². The molecule has 2 N–H and O–H groups in total. The van der Waals surface area contributed by atoms with Gasteiger partial charge in [-0.3, -0.25) is 4.79 Å². The third-order valence-electron chi connectivity index (χ3n) is 2.46. The smallest absolute Gasteiger partial charge is 0.159 e. The van der Waals surface area contributed by atoms with Gasteiger partial charge in [0.1, 0.15) is 0 Å². The molecule has 22 heavy (non-hydrogen) atoms. The van der Waals surface area contributed by atoms with Crippen molar-refractivity contribution in [2.24, 2.45) is 0 Å². The lowest BCUT2D eigenvalue weighted by Gasteiger charge is -2.00. The molecule has 0 saturated carbocycles. The van der Waals surface area contributed by atoms with Gasteiger partial charge in [0.25, 0.3) is 0 Å². The molecule has 1 atom stereocenters. The summed E-state index contributed by atoms with van der Waals surface area (Å²) in [6.07, 6.45) is -0.508. The van der Waals surface area contributed by atoms with E-state index < -0.39 is 0 Å². The number of hydrogen-bond acceptors (Lipinski definition) is 3. The van der Waals surface area contributed by atoms with Gasteiger partial charge in [-0.1, -0.05) is 60.7 Å².